The highest BCUT2D eigenvalue weighted by Gasteiger charge is 2.10. The van der Waals surface area contributed by atoms with E-state index in [2.05, 4.69) is 33.0 Å². The smallest absolute Gasteiger partial charge is 0.267 e. The number of hydrogen-bond acceptors (Lipinski definition) is 5. The van der Waals surface area contributed by atoms with Crippen molar-refractivity contribution in [3.63, 3.8) is 0 Å². The van der Waals surface area contributed by atoms with E-state index in [9.17, 15) is 14.3 Å². The molecule has 1 N–H and O–H groups in total. The highest BCUT2D eigenvalue weighted by Crippen LogP contribution is 2.38. The summed E-state index contributed by atoms with van der Waals surface area (Å²) in [6.45, 7) is 6.97. The quantitative estimate of drug-likeness (QED) is 0.220. The van der Waals surface area contributed by atoms with Crippen molar-refractivity contribution in [1.29, 1.82) is 0 Å². The predicted octanol–water partition coefficient (Wildman–Crippen LogP) is 1.84. The van der Waals surface area contributed by atoms with E-state index in [1.165, 1.54) is 0 Å². The third-order valence-corrected chi connectivity index (χ3v) is 4.21. The average molecular weight is 364 g/mol. The fourth-order valence-electron chi connectivity index (χ4n) is 1.83. The molecule has 24 heavy (non-hydrogen) atoms. The van der Waals surface area contributed by atoms with Crippen molar-refractivity contribution in [3.8, 4) is 0 Å². The normalized spacial score (nSPS) is 14.2. The largest absolute Gasteiger partial charge is 0.756 e. The van der Waals surface area contributed by atoms with Crippen molar-refractivity contribution in [2.45, 2.75) is 39.0 Å². The molecule has 0 spiro atoms. The minimum absolute atomic E-state index is 0.105. The number of phosphoric ester groups is 1. The van der Waals surface area contributed by atoms with Crippen molar-refractivity contribution in [3.05, 3.63) is 12.2 Å². The molecule has 0 aliphatic carbocycles. The third kappa shape index (κ3) is 14.8. The Bertz CT molecular complexity index is 435. The number of unbranched alkanes of at least 4 members (excludes halogenated alkanes) is 3. The summed E-state index contributed by atoms with van der Waals surface area (Å²) in [7, 11) is 2.08. The number of phosphoric acid groups is 1. The second kappa shape index (κ2) is 11.8. The molecule has 0 saturated carbocycles. The molecule has 1 atom stereocenters. The molecule has 0 heterocycles. The minimum Gasteiger partial charge on any atom is -0.756 e. The van der Waals surface area contributed by atoms with Crippen LogP contribution >= 0.6 is 7.82 Å². The monoisotopic (exact) mass is 364 g/mol. The SMILES string of the molecule is C=C(C)C(=O)NCCCCCOP(=O)([O-])OCCCC[N+](C)(C)C. The molecule has 1 amide bonds. The number of nitrogens with zero attached hydrogens (tertiary/aromatic N) is 1. The van der Waals surface area contributed by atoms with E-state index in [-0.39, 0.29) is 19.1 Å². The van der Waals surface area contributed by atoms with Crippen molar-refractivity contribution < 1.29 is 27.8 Å². The Morgan fingerprint density at radius 1 is 1.08 bits per heavy atom. The second-order valence-corrected chi connectivity index (χ2v) is 8.34. The molecule has 0 fully saturated rings. The van der Waals surface area contributed by atoms with Crippen LogP contribution in [-0.2, 0) is 18.4 Å². The molecule has 0 bridgehead atoms. The number of quaternary nitrogens is 1. The number of carbonyl (C=O) groups is 1. The Morgan fingerprint density at radius 3 is 2.12 bits per heavy atom. The van der Waals surface area contributed by atoms with Crippen molar-refractivity contribution in [2.24, 2.45) is 0 Å². The highest BCUT2D eigenvalue weighted by atomic mass is 31.2. The summed E-state index contributed by atoms with van der Waals surface area (Å²) in [6, 6.07) is 0. The Hall–Kier alpha value is -0.720. The molecule has 0 rings (SSSR count). The van der Waals surface area contributed by atoms with Gasteiger partial charge in [0, 0.05) is 12.1 Å². The molecule has 0 aromatic carbocycles. The molecule has 0 aliphatic heterocycles. The standard InChI is InChI=1S/C16H33N2O5P/c1-15(2)16(19)17-11-7-6-9-13-22-24(20,21)23-14-10-8-12-18(3,4)5/h1,6-14H2,2-5H3,(H-,17,19,20,21). The number of rotatable bonds is 14. The van der Waals surface area contributed by atoms with Gasteiger partial charge in [-0.05, 0) is 39.0 Å². The average Bonchev–Trinajstić information content (AvgIpc) is 2.44. The maximum Gasteiger partial charge on any atom is 0.267 e. The predicted molar refractivity (Wildman–Crippen MR) is 93.3 cm³/mol. The minimum atomic E-state index is -4.19. The lowest BCUT2D eigenvalue weighted by atomic mass is 10.2. The van der Waals surface area contributed by atoms with E-state index >= 15 is 0 Å². The number of amides is 1. The van der Waals surface area contributed by atoms with Gasteiger partial charge in [-0.15, -0.1) is 0 Å². The van der Waals surface area contributed by atoms with E-state index < -0.39 is 7.82 Å². The first-order valence-electron chi connectivity index (χ1n) is 8.38. The topological polar surface area (TPSA) is 87.7 Å². The lowest BCUT2D eigenvalue weighted by Crippen LogP contribution is -2.35. The Labute approximate surface area is 146 Å². The van der Waals surface area contributed by atoms with Gasteiger partial charge in [0.2, 0.25) is 5.91 Å². The fourth-order valence-corrected chi connectivity index (χ4v) is 2.61. The van der Waals surface area contributed by atoms with Gasteiger partial charge in [-0.2, -0.15) is 0 Å². The summed E-state index contributed by atoms with van der Waals surface area (Å²) in [5.41, 5.74) is 0.476. The van der Waals surface area contributed by atoms with Crippen LogP contribution in [0.4, 0.5) is 0 Å². The summed E-state index contributed by atoms with van der Waals surface area (Å²) < 4.78 is 22.1. The number of carbonyl (C=O) groups excluding carboxylic acids is 1. The van der Waals surface area contributed by atoms with E-state index in [1.807, 2.05) is 0 Å². The Kier molecular flexibility index (Phi) is 11.4. The van der Waals surface area contributed by atoms with Gasteiger partial charge in [0.25, 0.3) is 7.82 Å². The summed E-state index contributed by atoms with van der Waals surface area (Å²) >= 11 is 0. The zero-order chi connectivity index (χ0) is 18.6. The molecule has 0 aromatic heterocycles. The first-order valence-corrected chi connectivity index (χ1v) is 9.84. The van der Waals surface area contributed by atoms with Gasteiger partial charge in [-0.1, -0.05) is 6.58 Å². The van der Waals surface area contributed by atoms with Gasteiger partial charge in [0.15, 0.2) is 0 Å². The van der Waals surface area contributed by atoms with Gasteiger partial charge in [0.05, 0.1) is 40.9 Å². The molecular weight excluding hydrogens is 331 g/mol. The van der Waals surface area contributed by atoms with E-state index in [0.717, 1.165) is 30.3 Å². The summed E-state index contributed by atoms with van der Waals surface area (Å²) in [5.74, 6) is -0.158. The molecule has 8 heteroatoms. The van der Waals surface area contributed by atoms with E-state index in [4.69, 9.17) is 9.05 Å². The second-order valence-electron chi connectivity index (χ2n) is 6.93. The summed E-state index contributed by atoms with van der Waals surface area (Å²) in [5, 5.41) is 2.72. The Balaban J connectivity index is 3.59. The molecule has 7 nitrogen and oxygen atoms in total. The van der Waals surface area contributed by atoms with Gasteiger partial charge in [-0.3, -0.25) is 9.36 Å². The van der Waals surface area contributed by atoms with Gasteiger partial charge < -0.3 is 23.7 Å². The number of nitrogens with one attached hydrogen (secondary N) is 1. The van der Waals surface area contributed by atoms with Crippen LogP contribution in [0.5, 0.6) is 0 Å². The van der Waals surface area contributed by atoms with Crippen molar-refractivity contribution >= 4 is 13.7 Å². The van der Waals surface area contributed by atoms with Crippen LogP contribution in [0.3, 0.4) is 0 Å². The highest BCUT2D eigenvalue weighted by molar-refractivity contribution is 7.45. The Morgan fingerprint density at radius 2 is 1.62 bits per heavy atom. The molecule has 0 saturated heterocycles. The maximum absolute atomic E-state index is 11.6. The van der Waals surface area contributed by atoms with Crippen LogP contribution in [0.25, 0.3) is 0 Å². The van der Waals surface area contributed by atoms with E-state index in [1.54, 1.807) is 6.92 Å². The maximum atomic E-state index is 11.6. The van der Waals surface area contributed by atoms with Gasteiger partial charge in [0.1, 0.15) is 0 Å². The van der Waals surface area contributed by atoms with Crippen LogP contribution in [-0.4, -0.2) is 57.8 Å². The van der Waals surface area contributed by atoms with Crippen LogP contribution in [0.2, 0.25) is 0 Å². The van der Waals surface area contributed by atoms with Crippen molar-refractivity contribution in [1.82, 2.24) is 5.32 Å². The first kappa shape index (κ1) is 23.3. The third-order valence-electron chi connectivity index (χ3n) is 3.22. The zero-order valence-electron chi connectivity index (χ0n) is 15.5. The van der Waals surface area contributed by atoms with Crippen LogP contribution in [0.15, 0.2) is 12.2 Å². The van der Waals surface area contributed by atoms with Gasteiger partial charge in [-0.25, -0.2) is 0 Å². The van der Waals surface area contributed by atoms with Crippen LogP contribution < -0.4 is 10.2 Å². The molecule has 0 aliphatic rings. The summed E-state index contributed by atoms with van der Waals surface area (Å²) in [4.78, 5) is 22.8. The molecule has 142 valence electrons. The zero-order valence-corrected chi connectivity index (χ0v) is 16.4. The molecule has 0 radical (unpaired) electrons. The molecule has 1 unspecified atom stereocenters. The lowest BCUT2D eigenvalue weighted by Gasteiger charge is -2.25. The summed E-state index contributed by atoms with van der Waals surface area (Å²) in [6.07, 6.45) is 3.71. The first-order chi connectivity index (χ1) is 11.0. The fraction of sp³-hybridized carbons (Fsp3) is 0.812. The molecular formula is C16H33N2O5P. The van der Waals surface area contributed by atoms with Crippen LogP contribution in [0, 0.1) is 0 Å². The van der Waals surface area contributed by atoms with Gasteiger partial charge >= 0.3 is 0 Å². The van der Waals surface area contributed by atoms with Crippen LogP contribution in [0.1, 0.15) is 39.0 Å². The number of hydrogen-bond donors (Lipinski definition) is 1. The van der Waals surface area contributed by atoms with E-state index in [0.29, 0.717) is 25.0 Å². The lowest BCUT2D eigenvalue weighted by molar-refractivity contribution is -0.870. The van der Waals surface area contributed by atoms with Crippen molar-refractivity contribution in [2.75, 3.05) is 47.4 Å². The molecule has 0 aromatic rings.